The maximum Gasteiger partial charge on any atom is 0.433 e. The van der Waals surface area contributed by atoms with Gasteiger partial charge in [0.1, 0.15) is 11.4 Å². The number of phenolic OH excluding ortho intramolecular Hbond substituents is 1. The first-order valence-electron chi connectivity index (χ1n) is 11.6. The minimum Gasteiger partial charge on any atom is -0.508 e. The summed E-state index contributed by atoms with van der Waals surface area (Å²) in [6, 6.07) is 4.66. The number of carbonyl (C=O) groups is 1. The summed E-state index contributed by atoms with van der Waals surface area (Å²) < 4.78 is 67.3. The van der Waals surface area contributed by atoms with Crippen molar-refractivity contribution in [3.63, 3.8) is 0 Å². The van der Waals surface area contributed by atoms with E-state index in [1.807, 2.05) is 4.90 Å². The molecule has 3 aliphatic heterocycles. The fourth-order valence-electron chi connectivity index (χ4n) is 5.26. The predicted molar refractivity (Wildman–Crippen MR) is 119 cm³/mol. The molecule has 2 aromatic rings. The second kappa shape index (κ2) is 8.74. The highest BCUT2D eigenvalue weighted by atomic mass is 19.4. The van der Waals surface area contributed by atoms with Crippen molar-refractivity contribution in [3.05, 3.63) is 30.0 Å². The molecule has 7 nitrogen and oxygen atoms in total. The molecule has 190 valence electrons. The first kappa shape index (κ1) is 24.0. The van der Waals surface area contributed by atoms with Gasteiger partial charge in [0.2, 0.25) is 5.91 Å². The highest BCUT2D eigenvalue weighted by molar-refractivity contribution is 5.93. The fourth-order valence-corrected chi connectivity index (χ4v) is 5.26. The molecule has 0 spiro atoms. The zero-order valence-corrected chi connectivity index (χ0v) is 18.9. The predicted octanol–water partition coefficient (Wildman–Crippen LogP) is 2.68. The number of aromatic nitrogens is 1. The number of nitrogens with zero attached hydrogens (tertiary/aromatic N) is 4. The van der Waals surface area contributed by atoms with Gasteiger partial charge in [-0.05, 0) is 30.7 Å². The molecule has 3 fully saturated rings. The van der Waals surface area contributed by atoms with E-state index in [2.05, 4.69) is 15.2 Å². The molecule has 12 heteroatoms. The summed E-state index contributed by atoms with van der Waals surface area (Å²) >= 11 is 0. The maximum absolute atomic E-state index is 13.5. The van der Waals surface area contributed by atoms with Crippen LogP contribution in [0.5, 0.6) is 5.75 Å². The average molecular weight is 499 g/mol. The maximum atomic E-state index is 13.5. The molecular formula is C23H26F5N5O2. The van der Waals surface area contributed by atoms with Gasteiger partial charge in [-0.1, -0.05) is 0 Å². The van der Waals surface area contributed by atoms with Gasteiger partial charge in [-0.15, -0.1) is 0 Å². The zero-order chi connectivity index (χ0) is 25.0. The van der Waals surface area contributed by atoms with E-state index in [1.54, 1.807) is 0 Å². The summed E-state index contributed by atoms with van der Waals surface area (Å²) in [7, 11) is 0. The Labute approximate surface area is 198 Å². The summed E-state index contributed by atoms with van der Waals surface area (Å²) in [6.45, 7) is 2.12. The Balaban J connectivity index is 1.26. The van der Waals surface area contributed by atoms with E-state index < -0.39 is 30.4 Å². The second-order valence-corrected chi connectivity index (χ2v) is 9.46. The Kier molecular flexibility index (Phi) is 5.99. The molecule has 0 aliphatic carbocycles. The highest BCUT2D eigenvalue weighted by Gasteiger charge is 2.44. The van der Waals surface area contributed by atoms with Gasteiger partial charge >= 0.3 is 6.18 Å². The molecule has 4 heterocycles. The van der Waals surface area contributed by atoms with Gasteiger partial charge in [0.05, 0.1) is 18.1 Å². The summed E-state index contributed by atoms with van der Waals surface area (Å²) in [5.74, 6) is -3.18. The fraction of sp³-hybridized carbons (Fsp3) is 0.565. The van der Waals surface area contributed by atoms with Crippen LogP contribution in [0.4, 0.5) is 27.6 Å². The normalized spacial score (nSPS) is 25.5. The van der Waals surface area contributed by atoms with Gasteiger partial charge in [0.15, 0.2) is 0 Å². The average Bonchev–Trinajstić information content (AvgIpc) is 3.44. The van der Waals surface area contributed by atoms with Crippen LogP contribution in [-0.2, 0) is 11.0 Å². The van der Waals surface area contributed by atoms with E-state index >= 15 is 0 Å². The van der Waals surface area contributed by atoms with Crippen LogP contribution < -0.4 is 10.2 Å². The Hall–Kier alpha value is -2.73. The number of pyridine rings is 1. The van der Waals surface area contributed by atoms with E-state index in [0.717, 1.165) is 6.07 Å². The highest BCUT2D eigenvalue weighted by Crippen LogP contribution is 2.36. The van der Waals surface area contributed by atoms with Gasteiger partial charge in [0, 0.05) is 62.8 Å². The van der Waals surface area contributed by atoms with Gasteiger partial charge in [-0.3, -0.25) is 9.69 Å². The van der Waals surface area contributed by atoms with Crippen molar-refractivity contribution < 1.29 is 31.9 Å². The van der Waals surface area contributed by atoms with Crippen LogP contribution in [0.1, 0.15) is 18.5 Å². The minimum absolute atomic E-state index is 0.0400. The Morgan fingerprint density at radius 1 is 1.11 bits per heavy atom. The molecule has 0 bridgehead atoms. The van der Waals surface area contributed by atoms with Crippen LogP contribution in [0.3, 0.4) is 0 Å². The number of nitrogens with one attached hydrogen (secondary N) is 1. The van der Waals surface area contributed by atoms with Crippen LogP contribution in [-0.4, -0.2) is 89.6 Å². The molecule has 3 aliphatic rings. The quantitative estimate of drug-likeness (QED) is 0.633. The SMILES string of the molecule is O=C([C@@H]1C[C@H](N2CCN(c3cc(C(F)(F)F)nc4ccc(O)cc34)CC2)CN1)N1CCC(F)(F)C1. The smallest absolute Gasteiger partial charge is 0.433 e. The number of carbonyl (C=O) groups excluding carboxylic acids is 1. The lowest BCUT2D eigenvalue weighted by Gasteiger charge is -2.39. The van der Waals surface area contributed by atoms with Gasteiger partial charge < -0.3 is 20.2 Å². The lowest BCUT2D eigenvalue weighted by molar-refractivity contribution is -0.141. The summed E-state index contributed by atoms with van der Waals surface area (Å²) in [4.78, 5) is 21.6. The molecule has 3 saturated heterocycles. The lowest BCUT2D eigenvalue weighted by atomic mass is 10.1. The molecule has 1 aromatic carbocycles. The second-order valence-electron chi connectivity index (χ2n) is 9.46. The van der Waals surface area contributed by atoms with E-state index in [1.165, 1.54) is 23.1 Å². The number of likely N-dealkylation sites (tertiary alicyclic amines) is 1. The number of anilines is 1. The largest absolute Gasteiger partial charge is 0.508 e. The minimum atomic E-state index is -4.60. The van der Waals surface area contributed by atoms with Crippen molar-refractivity contribution in [2.45, 2.75) is 37.0 Å². The lowest BCUT2D eigenvalue weighted by Crippen LogP contribution is -2.51. The Morgan fingerprint density at radius 2 is 1.86 bits per heavy atom. The van der Waals surface area contributed by atoms with Crippen LogP contribution >= 0.6 is 0 Å². The van der Waals surface area contributed by atoms with E-state index in [4.69, 9.17) is 0 Å². The van der Waals surface area contributed by atoms with Crippen molar-refractivity contribution in [1.29, 1.82) is 0 Å². The molecule has 0 radical (unpaired) electrons. The third-order valence-corrected chi connectivity index (χ3v) is 7.12. The van der Waals surface area contributed by atoms with Gasteiger partial charge in [-0.25, -0.2) is 13.8 Å². The first-order chi connectivity index (χ1) is 16.5. The number of amides is 1. The number of alkyl halides is 5. The van der Waals surface area contributed by atoms with Crippen LogP contribution in [0.15, 0.2) is 24.3 Å². The van der Waals surface area contributed by atoms with Crippen LogP contribution in [0.2, 0.25) is 0 Å². The Morgan fingerprint density at radius 3 is 2.51 bits per heavy atom. The third kappa shape index (κ3) is 4.86. The Bertz CT molecular complexity index is 1120. The van der Waals surface area contributed by atoms with Crippen molar-refractivity contribution in [2.24, 2.45) is 0 Å². The first-order valence-corrected chi connectivity index (χ1v) is 11.6. The number of benzene rings is 1. The number of fused-ring (bicyclic) bond motifs is 1. The summed E-state index contributed by atoms with van der Waals surface area (Å²) in [5.41, 5.74) is -0.462. The molecule has 0 unspecified atom stereocenters. The third-order valence-electron chi connectivity index (χ3n) is 7.12. The molecule has 1 amide bonds. The number of phenols is 1. The molecule has 2 N–H and O–H groups in total. The van der Waals surface area contributed by atoms with Crippen molar-refractivity contribution >= 4 is 22.5 Å². The summed E-state index contributed by atoms with van der Waals surface area (Å²) in [6.07, 6.45) is -4.40. The van der Waals surface area contributed by atoms with Crippen molar-refractivity contribution in [2.75, 3.05) is 50.7 Å². The van der Waals surface area contributed by atoms with Gasteiger partial charge in [-0.2, -0.15) is 13.2 Å². The van der Waals surface area contributed by atoms with E-state index in [-0.39, 0.29) is 36.2 Å². The summed E-state index contributed by atoms with van der Waals surface area (Å²) in [5, 5.41) is 13.5. The topological polar surface area (TPSA) is 71.9 Å². The molecule has 35 heavy (non-hydrogen) atoms. The number of hydrogen-bond acceptors (Lipinski definition) is 6. The van der Waals surface area contributed by atoms with Crippen molar-refractivity contribution in [3.8, 4) is 5.75 Å². The zero-order valence-electron chi connectivity index (χ0n) is 18.9. The van der Waals surface area contributed by atoms with Crippen LogP contribution in [0, 0.1) is 0 Å². The number of aromatic hydroxyl groups is 1. The molecule has 5 rings (SSSR count). The number of halogens is 5. The molecule has 2 atom stereocenters. The van der Waals surface area contributed by atoms with E-state index in [0.29, 0.717) is 50.2 Å². The molecule has 0 saturated carbocycles. The van der Waals surface area contributed by atoms with E-state index in [9.17, 15) is 31.9 Å². The number of rotatable bonds is 3. The molecule has 1 aromatic heterocycles. The molecular weight excluding hydrogens is 473 g/mol. The van der Waals surface area contributed by atoms with Crippen molar-refractivity contribution in [1.82, 2.24) is 20.1 Å². The van der Waals surface area contributed by atoms with Gasteiger partial charge in [0.25, 0.3) is 5.92 Å². The number of piperazine rings is 1. The standard InChI is InChI=1S/C23H26F5N5O2/c24-22(25)3-4-33(13-22)21(35)18-9-14(12-29-18)31-5-7-32(8-6-31)19-11-20(23(26,27)28)30-17-2-1-15(34)10-16(17)19/h1-2,10-11,14,18,29,34H,3-9,12-13H2/t14-,18-/m0/s1. The van der Waals surface area contributed by atoms with Crippen LogP contribution in [0.25, 0.3) is 10.9 Å². The number of hydrogen-bond donors (Lipinski definition) is 2. The monoisotopic (exact) mass is 499 g/mol.